The SMILES string of the molecule is COc1ccc(OC)c(C(=O)N(Cc2cccc(Br)c2)C2CC2)c1. The third kappa shape index (κ3) is 3.73. The average molecular weight is 390 g/mol. The molecule has 0 saturated heterocycles. The van der Waals surface area contributed by atoms with E-state index in [2.05, 4.69) is 15.9 Å². The molecule has 0 aliphatic heterocycles. The van der Waals surface area contributed by atoms with Gasteiger partial charge in [0, 0.05) is 17.1 Å². The fourth-order valence-electron chi connectivity index (χ4n) is 2.72. The summed E-state index contributed by atoms with van der Waals surface area (Å²) in [6.45, 7) is 0.587. The van der Waals surface area contributed by atoms with Crippen molar-refractivity contribution in [2.75, 3.05) is 14.2 Å². The van der Waals surface area contributed by atoms with Crippen molar-refractivity contribution in [2.45, 2.75) is 25.4 Å². The number of rotatable bonds is 6. The Labute approximate surface area is 150 Å². The number of methoxy groups -OCH3 is 2. The predicted octanol–water partition coefficient (Wildman–Crippen LogP) is 4.27. The van der Waals surface area contributed by atoms with Gasteiger partial charge in [-0.05, 0) is 48.7 Å². The van der Waals surface area contributed by atoms with Crippen LogP contribution in [0.15, 0.2) is 46.9 Å². The van der Waals surface area contributed by atoms with Gasteiger partial charge in [0.25, 0.3) is 5.91 Å². The smallest absolute Gasteiger partial charge is 0.258 e. The van der Waals surface area contributed by atoms with Gasteiger partial charge in [-0.25, -0.2) is 0 Å². The maximum absolute atomic E-state index is 13.1. The third-order valence-corrected chi connectivity index (χ3v) is 4.62. The van der Waals surface area contributed by atoms with Gasteiger partial charge in [0.1, 0.15) is 11.5 Å². The summed E-state index contributed by atoms with van der Waals surface area (Å²) < 4.78 is 11.7. The molecule has 3 rings (SSSR count). The second-order valence-electron chi connectivity index (χ2n) is 5.86. The largest absolute Gasteiger partial charge is 0.497 e. The number of benzene rings is 2. The van der Waals surface area contributed by atoms with Crippen LogP contribution in [0.2, 0.25) is 0 Å². The Morgan fingerprint density at radius 2 is 1.96 bits per heavy atom. The lowest BCUT2D eigenvalue weighted by Gasteiger charge is -2.24. The van der Waals surface area contributed by atoms with E-state index in [0.29, 0.717) is 29.6 Å². The lowest BCUT2D eigenvalue weighted by atomic mass is 10.1. The van der Waals surface area contributed by atoms with Gasteiger partial charge in [0.2, 0.25) is 0 Å². The van der Waals surface area contributed by atoms with E-state index in [1.54, 1.807) is 32.4 Å². The van der Waals surface area contributed by atoms with Crippen molar-refractivity contribution in [2.24, 2.45) is 0 Å². The number of amides is 1. The van der Waals surface area contributed by atoms with E-state index in [1.165, 1.54) is 0 Å². The number of halogens is 1. The van der Waals surface area contributed by atoms with Crippen LogP contribution in [0.5, 0.6) is 11.5 Å². The number of carbonyl (C=O) groups excluding carboxylic acids is 1. The summed E-state index contributed by atoms with van der Waals surface area (Å²) in [4.78, 5) is 15.1. The Balaban J connectivity index is 1.90. The van der Waals surface area contributed by atoms with Crippen molar-refractivity contribution < 1.29 is 14.3 Å². The summed E-state index contributed by atoms with van der Waals surface area (Å²) in [6.07, 6.45) is 2.10. The second kappa shape index (κ2) is 7.26. The van der Waals surface area contributed by atoms with E-state index in [1.807, 2.05) is 29.2 Å². The number of carbonyl (C=O) groups is 1. The van der Waals surface area contributed by atoms with E-state index in [4.69, 9.17) is 9.47 Å². The summed E-state index contributed by atoms with van der Waals surface area (Å²) in [6, 6.07) is 13.7. The molecule has 0 radical (unpaired) electrons. The van der Waals surface area contributed by atoms with Crippen LogP contribution < -0.4 is 9.47 Å². The molecule has 2 aromatic rings. The molecule has 126 valence electrons. The number of hydrogen-bond donors (Lipinski definition) is 0. The topological polar surface area (TPSA) is 38.8 Å². The van der Waals surface area contributed by atoms with E-state index >= 15 is 0 Å². The minimum absolute atomic E-state index is 0.0202. The highest BCUT2D eigenvalue weighted by atomic mass is 79.9. The maximum atomic E-state index is 13.1. The lowest BCUT2D eigenvalue weighted by molar-refractivity contribution is 0.0726. The Kier molecular flexibility index (Phi) is 5.09. The van der Waals surface area contributed by atoms with Crippen LogP contribution in [0.3, 0.4) is 0 Å². The zero-order valence-electron chi connectivity index (χ0n) is 13.8. The number of ether oxygens (including phenoxy) is 2. The van der Waals surface area contributed by atoms with Crippen LogP contribution in [0.25, 0.3) is 0 Å². The van der Waals surface area contributed by atoms with Crippen LogP contribution in [0.4, 0.5) is 0 Å². The quantitative estimate of drug-likeness (QED) is 0.740. The van der Waals surface area contributed by atoms with E-state index < -0.39 is 0 Å². The normalized spacial score (nSPS) is 13.5. The molecule has 0 bridgehead atoms. The van der Waals surface area contributed by atoms with E-state index in [9.17, 15) is 4.79 Å². The Hall–Kier alpha value is -2.01. The molecule has 5 heteroatoms. The van der Waals surface area contributed by atoms with Gasteiger partial charge in [0.15, 0.2) is 0 Å². The molecule has 0 unspecified atom stereocenters. The molecule has 0 heterocycles. The van der Waals surface area contributed by atoms with E-state index in [-0.39, 0.29) is 5.91 Å². The Morgan fingerprint density at radius 3 is 2.58 bits per heavy atom. The van der Waals surface area contributed by atoms with Crippen molar-refractivity contribution in [3.8, 4) is 11.5 Å². The molecule has 0 aromatic heterocycles. The molecule has 0 atom stereocenters. The van der Waals surface area contributed by atoms with Crippen LogP contribution >= 0.6 is 15.9 Å². The van der Waals surface area contributed by atoms with Gasteiger partial charge < -0.3 is 14.4 Å². The Bertz CT molecular complexity index is 743. The summed E-state index contributed by atoms with van der Waals surface area (Å²) in [5.74, 6) is 1.20. The first-order valence-corrected chi connectivity index (χ1v) is 8.69. The first-order valence-electron chi connectivity index (χ1n) is 7.90. The molecule has 1 aliphatic rings. The van der Waals surface area contributed by atoms with Crippen molar-refractivity contribution in [1.82, 2.24) is 4.90 Å². The van der Waals surface area contributed by atoms with Crippen molar-refractivity contribution in [3.05, 3.63) is 58.1 Å². The highest BCUT2D eigenvalue weighted by molar-refractivity contribution is 9.10. The highest BCUT2D eigenvalue weighted by Crippen LogP contribution is 2.33. The molecule has 0 spiro atoms. The van der Waals surface area contributed by atoms with Crippen LogP contribution in [-0.4, -0.2) is 31.1 Å². The predicted molar refractivity (Wildman–Crippen MR) is 96.6 cm³/mol. The van der Waals surface area contributed by atoms with Crippen LogP contribution in [0.1, 0.15) is 28.8 Å². The van der Waals surface area contributed by atoms with Gasteiger partial charge in [-0.2, -0.15) is 0 Å². The zero-order valence-corrected chi connectivity index (χ0v) is 15.4. The minimum Gasteiger partial charge on any atom is -0.497 e. The average Bonchev–Trinajstić information content (AvgIpc) is 3.43. The van der Waals surface area contributed by atoms with Crippen molar-refractivity contribution in [3.63, 3.8) is 0 Å². The monoisotopic (exact) mass is 389 g/mol. The summed E-state index contributed by atoms with van der Waals surface area (Å²) >= 11 is 3.49. The van der Waals surface area contributed by atoms with Crippen LogP contribution in [-0.2, 0) is 6.54 Å². The van der Waals surface area contributed by atoms with Gasteiger partial charge in [-0.15, -0.1) is 0 Å². The van der Waals surface area contributed by atoms with Gasteiger partial charge >= 0.3 is 0 Å². The van der Waals surface area contributed by atoms with Crippen molar-refractivity contribution >= 4 is 21.8 Å². The van der Waals surface area contributed by atoms with Gasteiger partial charge in [-0.1, -0.05) is 28.1 Å². The summed E-state index contributed by atoms with van der Waals surface area (Å²) in [7, 11) is 3.17. The second-order valence-corrected chi connectivity index (χ2v) is 6.78. The Morgan fingerprint density at radius 1 is 1.17 bits per heavy atom. The molecular formula is C19H20BrNO3. The van der Waals surface area contributed by atoms with Gasteiger partial charge in [-0.3, -0.25) is 4.79 Å². The summed E-state index contributed by atoms with van der Waals surface area (Å²) in [5.41, 5.74) is 1.64. The molecule has 24 heavy (non-hydrogen) atoms. The third-order valence-electron chi connectivity index (χ3n) is 4.13. The molecule has 2 aromatic carbocycles. The fraction of sp³-hybridized carbons (Fsp3) is 0.316. The zero-order chi connectivity index (χ0) is 17.1. The molecule has 1 amide bonds. The van der Waals surface area contributed by atoms with E-state index in [0.717, 1.165) is 22.9 Å². The maximum Gasteiger partial charge on any atom is 0.258 e. The standard InChI is InChI=1S/C19H20BrNO3/c1-23-16-8-9-18(24-2)17(11-16)19(22)21(15-6-7-15)12-13-4-3-5-14(20)10-13/h3-5,8-11,15H,6-7,12H2,1-2H3. The lowest BCUT2D eigenvalue weighted by Crippen LogP contribution is -2.32. The highest BCUT2D eigenvalue weighted by Gasteiger charge is 2.34. The molecule has 0 N–H and O–H groups in total. The first kappa shape index (κ1) is 16.8. The molecular weight excluding hydrogens is 370 g/mol. The first-order chi connectivity index (χ1) is 11.6. The number of nitrogens with zero attached hydrogens (tertiary/aromatic N) is 1. The summed E-state index contributed by atoms with van der Waals surface area (Å²) in [5, 5.41) is 0. The molecule has 1 fully saturated rings. The van der Waals surface area contributed by atoms with Crippen molar-refractivity contribution in [1.29, 1.82) is 0 Å². The molecule has 1 aliphatic carbocycles. The molecule has 1 saturated carbocycles. The van der Waals surface area contributed by atoms with Gasteiger partial charge in [0.05, 0.1) is 19.8 Å². The fourth-order valence-corrected chi connectivity index (χ4v) is 3.17. The van der Waals surface area contributed by atoms with Crippen LogP contribution in [0, 0.1) is 0 Å². The minimum atomic E-state index is -0.0202. The number of hydrogen-bond acceptors (Lipinski definition) is 3. The molecule has 4 nitrogen and oxygen atoms in total.